The summed E-state index contributed by atoms with van der Waals surface area (Å²) in [5, 5.41) is 13.7. The van der Waals surface area contributed by atoms with E-state index in [4.69, 9.17) is 9.47 Å². The zero-order valence-corrected chi connectivity index (χ0v) is 13.1. The fraction of sp³-hybridized carbons (Fsp3) is 0.625. The molecule has 6 nitrogen and oxygen atoms in total. The molecule has 0 spiro atoms. The average Bonchev–Trinajstić information content (AvgIpc) is 2.88. The maximum atomic E-state index is 11.5. The number of fused-ring (bicyclic) bond motifs is 1. The number of rotatable bonds is 4. The fourth-order valence-electron chi connectivity index (χ4n) is 3.35. The Morgan fingerprint density at radius 2 is 2.41 bits per heavy atom. The summed E-state index contributed by atoms with van der Waals surface area (Å²) in [6.45, 7) is 4.56. The molecule has 1 N–H and O–H groups in total. The minimum atomic E-state index is -0.969. The van der Waals surface area contributed by atoms with Crippen molar-refractivity contribution in [2.24, 2.45) is 5.41 Å². The van der Waals surface area contributed by atoms with Gasteiger partial charge < -0.3 is 14.6 Å². The SMILES string of the molecule is COCC1(C)CC=C(c2c(C(=O)O)nn3c2COCC3)CC1. The molecule has 2 aliphatic rings. The molecular weight excluding hydrogens is 284 g/mol. The van der Waals surface area contributed by atoms with Crippen molar-refractivity contribution in [1.29, 1.82) is 0 Å². The van der Waals surface area contributed by atoms with Gasteiger partial charge >= 0.3 is 5.97 Å². The van der Waals surface area contributed by atoms with Gasteiger partial charge in [-0.15, -0.1) is 0 Å². The lowest BCUT2D eigenvalue weighted by atomic mass is 9.75. The number of allylic oxidation sites excluding steroid dienone is 2. The summed E-state index contributed by atoms with van der Waals surface area (Å²) in [7, 11) is 1.72. The van der Waals surface area contributed by atoms with Gasteiger partial charge in [-0.05, 0) is 30.3 Å². The fourth-order valence-corrected chi connectivity index (χ4v) is 3.35. The predicted molar refractivity (Wildman–Crippen MR) is 80.7 cm³/mol. The molecule has 1 atom stereocenters. The highest BCUT2D eigenvalue weighted by Gasteiger charge is 2.32. The second kappa shape index (κ2) is 5.85. The summed E-state index contributed by atoms with van der Waals surface area (Å²) in [5.74, 6) is -0.969. The van der Waals surface area contributed by atoms with E-state index in [1.54, 1.807) is 11.8 Å². The zero-order valence-electron chi connectivity index (χ0n) is 13.1. The number of ether oxygens (including phenoxy) is 2. The molecule has 6 heteroatoms. The van der Waals surface area contributed by atoms with Crippen molar-refractivity contribution in [3.05, 3.63) is 23.0 Å². The maximum Gasteiger partial charge on any atom is 0.357 e. The van der Waals surface area contributed by atoms with Gasteiger partial charge in [-0.2, -0.15) is 5.10 Å². The Kier molecular flexibility index (Phi) is 4.06. The van der Waals surface area contributed by atoms with Crippen LogP contribution in [0.5, 0.6) is 0 Å². The van der Waals surface area contributed by atoms with E-state index in [-0.39, 0.29) is 11.1 Å². The maximum absolute atomic E-state index is 11.5. The van der Waals surface area contributed by atoms with Crippen LogP contribution in [0.3, 0.4) is 0 Å². The highest BCUT2D eigenvalue weighted by Crippen LogP contribution is 2.40. The molecule has 2 heterocycles. The van der Waals surface area contributed by atoms with Crippen LogP contribution >= 0.6 is 0 Å². The van der Waals surface area contributed by atoms with Crippen LogP contribution in [0.15, 0.2) is 6.08 Å². The summed E-state index contributed by atoms with van der Waals surface area (Å²) < 4.78 is 12.6. The molecule has 0 fully saturated rings. The minimum absolute atomic E-state index is 0.130. The topological polar surface area (TPSA) is 73.6 Å². The summed E-state index contributed by atoms with van der Waals surface area (Å²) >= 11 is 0. The lowest BCUT2D eigenvalue weighted by Crippen LogP contribution is -2.25. The molecule has 1 unspecified atom stereocenters. The van der Waals surface area contributed by atoms with Crippen LogP contribution in [0.2, 0.25) is 0 Å². The summed E-state index contributed by atoms with van der Waals surface area (Å²) in [6.07, 6.45) is 4.87. The zero-order chi connectivity index (χ0) is 15.7. The van der Waals surface area contributed by atoms with Crippen molar-refractivity contribution in [2.75, 3.05) is 20.3 Å². The molecule has 1 aliphatic heterocycles. The average molecular weight is 306 g/mol. The van der Waals surface area contributed by atoms with Crippen LogP contribution in [0, 0.1) is 5.41 Å². The molecule has 0 radical (unpaired) electrons. The molecule has 120 valence electrons. The smallest absolute Gasteiger partial charge is 0.357 e. The van der Waals surface area contributed by atoms with Crippen LogP contribution in [0.25, 0.3) is 5.57 Å². The molecule has 1 aliphatic carbocycles. The van der Waals surface area contributed by atoms with E-state index in [1.165, 1.54) is 0 Å². The minimum Gasteiger partial charge on any atom is -0.476 e. The molecule has 1 aromatic heterocycles. The quantitative estimate of drug-likeness (QED) is 0.924. The molecule has 3 rings (SSSR count). The third kappa shape index (κ3) is 2.68. The summed E-state index contributed by atoms with van der Waals surface area (Å²) in [4.78, 5) is 11.5. The number of hydrogen-bond acceptors (Lipinski definition) is 4. The Labute approximate surface area is 129 Å². The summed E-state index contributed by atoms with van der Waals surface area (Å²) in [6, 6.07) is 0. The van der Waals surface area contributed by atoms with Gasteiger partial charge in [-0.25, -0.2) is 4.79 Å². The molecule has 0 aromatic carbocycles. The van der Waals surface area contributed by atoms with Gasteiger partial charge in [0.1, 0.15) is 0 Å². The normalized spacial score (nSPS) is 24.7. The van der Waals surface area contributed by atoms with E-state index in [9.17, 15) is 9.90 Å². The van der Waals surface area contributed by atoms with Gasteiger partial charge in [-0.3, -0.25) is 4.68 Å². The largest absolute Gasteiger partial charge is 0.476 e. The highest BCUT2D eigenvalue weighted by atomic mass is 16.5. The Morgan fingerprint density at radius 3 is 3.05 bits per heavy atom. The lowest BCUT2D eigenvalue weighted by molar-refractivity contribution is 0.0684. The number of methoxy groups -OCH3 is 1. The third-order valence-electron chi connectivity index (χ3n) is 4.60. The number of carboxylic acid groups (broad SMARTS) is 1. The van der Waals surface area contributed by atoms with E-state index in [0.717, 1.165) is 42.7 Å². The van der Waals surface area contributed by atoms with Gasteiger partial charge in [-0.1, -0.05) is 13.0 Å². The van der Waals surface area contributed by atoms with Crippen molar-refractivity contribution in [3.63, 3.8) is 0 Å². The number of aromatic nitrogens is 2. The van der Waals surface area contributed by atoms with Crippen LogP contribution in [0.1, 0.15) is 47.9 Å². The van der Waals surface area contributed by atoms with Gasteiger partial charge in [0.15, 0.2) is 5.69 Å². The van der Waals surface area contributed by atoms with Crippen molar-refractivity contribution in [2.45, 2.75) is 39.3 Å². The Hall–Kier alpha value is -1.66. The van der Waals surface area contributed by atoms with E-state index >= 15 is 0 Å². The lowest BCUT2D eigenvalue weighted by Gasteiger charge is -2.32. The van der Waals surface area contributed by atoms with Crippen LogP contribution in [-0.2, 0) is 22.6 Å². The number of nitrogens with zero attached hydrogens (tertiary/aromatic N) is 2. The van der Waals surface area contributed by atoms with Crippen LogP contribution in [-0.4, -0.2) is 41.2 Å². The number of carboxylic acids is 1. The number of aromatic carboxylic acids is 1. The summed E-state index contributed by atoms with van der Waals surface area (Å²) in [5.41, 5.74) is 3.03. The van der Waals surface area contributed by atoms with Crippen LogP contribution < -0.4 is 0 Å². The van der Waals surface area contributed by atoms with Crippen molar-refractivity contribution in [3.8, 4) is 0 Å². The molecule has 1 aromatic rings. The van der Waals surface area contributed by atoms with E-state index in [2.05, 4.69) is 18.1 Å². The Balaban J connectivity index is 1.96. The Morgan fingerprint density at radius 1 is 1.59 bits per heavy atom. The molecular formula is C16H22N2O4. The van der Waals surface area contributed by atoms with Gasteiger partial charge in [0, 0.05) is 12.7 Å². The first kappa shape index (κ1) is 15.2. The molecule has 0 amide bonds. The second-order valence-corrected chi connectivity index (χ2v) is 6.43. The standard InChI is InChI=1S/C16H22N2O4/c1-16(10-21-2)5-3-11(4-6-16)13-12-9-22-8-7-18(12)17-14(13)15(19)20/h3H,4-10H2,1-2H3,(H,19,20). The van der Waals surface area contributed by atoms with Gasteiger partial charge in [0.25, 0.3) is 0 Å². The van der Waals surface area contributed by atoms with E-state index in [0.29, 0.717) is 19.8 Å². The first-order valence-corrected chi connectivity index (χ1v) is 7.63. The molecule has 0 saturated carbocycles. The first-order chi connectivity index (χ1) is 10.5. The first-order valence-electron chi connectivity index (χ1n) is 7.63. The van der Waals surface area contributed by atoms with E-state index in [1.807, 2.05) is 0 Å². The van der Waals surface area contributed by atoms with Gasteiger partial charge in [0.2, 0.25) is 0 Å². The second-order valence-electron chi connectivity index (χ2n) is 6.43. The molecule has 22 heavy (non-hydrogen) atoms. The predicted octanol–water partition coefficient (Wildman–Crippen LogP) is 2.33. The molecule has 0 saturated heterocycles. The van der Waals surface area contributed by atoms with Gasteiger partial charge in [0.05, 0.1) is 32.1 Å². The number of hydrogen-bond donors (Lipinski definition) is 1. The third-order valence-corrected chi connectivity index (χ3v) is 4.60. The highest BCUT2D eigenvalue weighted by molar-refractivity contribution is 5.93. The van der Waals surface area contributed by atoms with Crippen molar-refractivity contribution >= 4 is 11.5 Å². The monoisotopic (exact) mass is 306 g/mol. The van der Waals surface area contributed by atoms with Crippen LogP contribution in [0.4, 0.5) is 0 Å². The Bertz CT molecular complexity index is 620. The van der Waals surface area contributed by atoms with E-state index < -0.39 is 5.97 Å². The van der Waals surface area contributed by atoms with Crippen molar-refractivity contribution < 1.29 is 19.4 Å². The van der Waals surface area contributed by atoms with Crippen molar-refractivity contribution in [1.82, 2.24) is 9.78 Å². The molecule has 0 bridgehead atoms. The number of carbonyl (C=O) groups is 1.